The number of carbonyl (C=O) groups excluding carboxylic acids is 2. The zero-order valence-electron chi connectivity index (χ0n) is 8.16. The van der Waals surface area contributed by atoms with Crippen LogP contribution in [-0.2, 0) is 7.05 Å². The molecule has 0 aliphatic rings. The lowest BCUT2D eigenvalue weighted by Gasteiger charge is -2.01. The van der Waals surface area contributed by atoms with Gasteiger partial charge >= 0.3 is 0 Å². The minimum Gasteiger partial charge on any atom is -0.364 e. The molecule has 1 aromatic heterocycles. The van der Waals surface area contributed by atoms with Gasteiger partial charge in [0.25, 0.3) is 11.8 Å². The molecule has 82 valence electrons. The number of halogens is 1. The van der Waals surface area contributed by atoms with Crippen LogP contribution in [0.4, 0.5) is 4.39 Å². The van der Waals surface area contributed by atoms with Gasteiger partial charge in [0.1, 0.15) is 12.4 Å². The first-order valence-electron chi connectivity index (χ1n) is 4.24. The van der Waals surface area contributed by atoms with E-state index in [0.29, 0.717) is 0 Å². The predicted octanol–water partition coefficient (Wildman–Crippen LogP) is -0.782. The van der Waals surface area contributed by atoms with Crippen molar-refractivity contribution in [3.63, 3.8) is 0 Å². The second-order valence-electron chi connectivity index (χ2n) is 2.85. The quantitative estimate of drug-likeness (QED) is 0.688. The molecule has 0 atom stereocenters. The number of aryl methyl sites for hydroxylation is 1. The van der Waals surface area contributed by atoms with Gasteiger partial charge in [-0.05, 0) is 0 Å². The van der Waals surface area contributed by atoms with Crippen LogP contribution in [0.1, 0.15) is 21.0 Å². The molecule has 6 nitrogen and oxygen atoms in total. The Morgan fingerprint density at radius 3 is 2.80 bits per heavy atom. The molecular weight excluding hydrogens is 203 g/mol. The van der Waals surface area contributed by atoms with Crippen molar-refractivity contribution in [3.05, 3.63) is 17.5 Å². The fourth-order valence-corrected chi connectivity index (χ4v) is 1.05. The molecule has 0 radical (unpaired) electrons. The molecule has 7 heteroatoms. The van der Waals surface area contributed by atoms with Gasteiger partial charge in [0.15, 0.2) is 5.69 Å². The second-order valence-corrected chi connectivity index (χ2v) is 2.85. The summed E-state index contributed by atoms with van der Waals surface area (Å²) in [6.07, 6.45) is 0. The van der Waals surface area contributed by atoms with Crippen molar-refractivity contribution in [2.75, 3.05) is 13.2 Å². The number of nitrogens with zero attached hydrogens (tertiary/aromatic N) is 2. The van der Waals surface area contributed by atoms with E-state index >= 15 is 0 Å². The van der Waals surface area contributed by atoms with Gasteiger partial charge in [0.05, 0.1) is 0 Å². The topological polar surface area (TPSA) is 90.0 Å². The molecule has 0 saturated carbocycles. The highest BCUT2D eigenvalue weighted by Crippen LogP contribution is 2.02. The Hall–Kier alpha value is -1.92. The van der Waals surface area contributed by atoms with Gasteiger partial charge in [-0.1, -0.05) is 0 Å². The summed E-state index contributed by atoms with van der Waals surface area (Å²) in [6, 6.07) is 1.26. The summed E-state index contributed by atoms with van der Waals surface area (Å²) in [5.74, 6) is -1.20. The standard InChI is InChI=1S/C8H11FN4O2/c1-13-6(8(15)11-3-2-9)4-5(12-13)7(10)14/h4H,2-3H2,1H3,(H2,10,14)(H,11,15). The molecule has 0 aliphatic carbocycles. The van der Waals surface area contributed by atoms with Crippen LogP contribution >= 0.6 is 0 Å². The summed E-state index contributed by atoms with van der Waals surface area (Å²) in [7, 11) is 1.50. The molecule has 0 aliphatic heterocycles. The van der Waals surface area contributed by atoms with E-state index in [0.717, 1.165) is 0 Å². The molecule has 2 amide bonds. The number of primary amides is 1. The molecule has 0 saturated heterocycles. The first kappa shape index (κ1) is 11.2. The van der Waals surface area contributed by atoms with Crippen molar-refractivity contribution in [2.24, 2.45) is 12.8 Å². The lowest BCUT2D eigenvalue weighted by Crippen LogP contribution is -2.27. The third kappa shape index (κ3) is 2.52. The van der Waals surface area contributed by atoms with E-state index in [4.69, 9.17) is 5.73 Å². The monoisotopic (exact) mass is 214 g/mol. The van der Waals surface area contributed by atoms with Crippen LogP contribution in [0.3, 0.4) is 0 Å². The van der Waals surface area contributed by atoms with E-state index < -0.39 is 18.5 Å². The van der Waals surface area contributed by atoms with Crippen LogP contribution in [0.5, 0.6) is 0 Å². The second kappa shape index (κ2) is 4.54. The van der Waals surface area contributed by atoms with Crippen molar-refractivity contribution < 1.29 is 14.0 Å². The Morgan fingerprint density at radius 2 is 2.33 bits per heavy atom. The Balaban J connectivity index is 2.85. The van der Waals surface area contributed by atoms with E-state index in [1.165, 1.54) is 17.8 Å². The Morgan fingerprint density at radius 1 is 1.67 bits per heavy atom. The zero-order valence-corrected chi connectivity index (χ0v) is 8.16. The molecule has 3 N–H and O–H groups in total. The molecule has 1 heterocycles. The number of nitrogens with two attached hydrogens (primary N) is 1. The average molecular weight is 214 g/mol. The minimum atomic E-state index is -0.713. The minimum absolute atomic E-state index is 0.00268. The Kier molecular flexibility index (Phi) is 3.37. The highest BCUT2D eigenvalue weighted by Gasteiger charge is 2.15. The molecule has 0 bridgehead atoms. The highest BCUT2D eigenvalue weighted by molar-refractivity contribution is 5.97. The van der Waals surface area contributed by atoms with Gasteiger partial charge in [0, 0.05) is 19.7 Å². The number of aromatic nitrogens is 2. The largest absolute Gasteiger partial charge is 0.364 e. The number of hydrogen-bond acceptors (Lipinski definition) is 3. The molecular formula is C8H11FN4O2. The summed E-state index contributed by atoms with van der Waals surface area (Å²) in [5, 5.41) is 6.04. The maximum atomic E-state index is 11.8. The van der Waals surface area contributed by atoms with E-state index in [1.54, 1.807) is 0 Å². The smallest absolute Gasteiger partial charge is 0.269 e. The highest BCUT2D eigenvalue weighted by atomic mass is 19.1. The third-order valence-electron chi connectivity index (χ3n) is 1.74. The lowest BCUT2D eigenvalue weighted by molar-refractivity contribution is 0.0940. The fourth-order valence-electron chi connectivity index (χ4n) is 1.05. The van der Waals surface area contributed by atoms with Crippen LogP contribution in [-0.4, -0.2) is 34.8 Å². The fraction of sp³-hybridized carbons (Fsp3) is 0.375. The van der Waals surface area contributed by atoms with Gasteiger partial charge in [-0.25, -0.2) is 4.39 Å². The van der Waals surface area contributed by atoms with Crippen LogP contribution in [0.25, 0.3) is 0 Å². The van der Waals surface area contributed by atoms with Gasteiger partial charge in [-0.15, -0.1) is 0 Å². The number of alkyl halides is 1. The summed E-state index contributed by atoms with van der Waals surface area (Å²) < 4.78 is 13.0. The van der Waals surface area contributed by atoms with Crippen molar-refractivity contribution >= 4 is 11.8 Å². The summed E-state index contributed by atoms with van der Waals surface area (Å²) >= 11 is 0. The number of hydrogen-bond donors (Lipinski definition) is 2. The zero-order chi connectivity index (χ0) is 11.4. The van der Waals surface area contributed by atoms with E-state index in [-0.39, 0.29) is 17.9 Å². The van der Waals surface area contributed by atoms with Gasteiger partial charge < -0.3 is 11.1 Å². The maximum Gasteiger partial charge on any atom is 0.269 e. The Bertz CT molecular complexity index is 388. The van der Waals surface area contributed by atoms with Crippen LogP contribution in [0.2, 0.25) is 0 Å². The SMILES string of the molecule is Cn1nc(C(N)=O)cc1C(=O)NCCF. The molecule has 1 aromatic rings. The predicted molar refractivity (Wildman–Crippen MR) is 50.0 cm³/mol. The summed E-state index contributed by atoms with van der Waals surface area (Å²) in [6.45, 7) is -0.720. The molecule has 0 spiro atoms. The van der Waals surface area contributed by atoms with Crippen LogP contribution < -0.4 is 11.1 Å². The van der Waals surface area contributed by atoms with Gasteiger partial charge in [0.2, 0.25) is 0 Å². The van der Waals surface area contributed by atoms with Gasteiger partial charge in [-0.2, -0.15) is 5.10 Å². The first-order valence-corrected chi connectivity index (χ1v) is 4.24. The van der Waals surface area contributed by atoms with E-state index in [1.807, 2.05) is 0 Å². The number of amides is 2. The number of rotatable bonds is 4. The normalized spacial score (nSPS) is 10.0. The average Bonchev–Trinajstić information content (AvgIpc) is 2.57. The molecule has 1 rings (SSSR count). The summed E-state index contributed by atoms with van der Waals surface area (Å²) in [4.78, 5) is 22.1. The first-order chi connectivity index (χ1) is 7.06. The Labute approximate surface area is 85.2 Å². The van der Waals surface area contributed by atoms with Crippen molar-refractivity contribution in [2.45, 2.75) is 0 Å². The van der Waals surface area contributed by atoms with Crippen molar-refractivity contribution in [1.82, 2.24) is 15.1 Å². The molecule has 0 fully saturated rings. The van der Waals surface area contributed by atoms with Crippen molar-refractivity contribution in [3.8, 4) is 0 Å². The van der Waals surface area contributed by atoms with Crippen molar-refractivity contribution in [1.29, 1.82) is 0 Å². The number of carbonyl (C=O) groups is 2. The van der Waals surface area contributed by atoms with Crippen LogP contribution in [0, 0.1) is 0 Å². The number of nitrogens with one attached hydrogen (secondary N) is 1. The third-order valence-corrected chi connectivity index (χ3v) is 1.74. The maximum absolute atomic E-state index is 11.8. The molecule has 15 heavy (non-hydrogen) atoms. The molecule has 0 unspecified atom stereocenters. The van der Waals surface area contributed by atoms with Gasteiger partial charge in [-0.3, -0.25) is 14.3 Å². The van der Waals surface area contributed by atoms with Crippen LogP contribution in [0.15, 0.2) is 6.07 Å². The summed E-state index contributed by atoms with van der Waals surface area (Å²) in [5.41, 5.74) is 5.16. The van der Waals surface area contributed by atoms with E-state index in [9.17, 15) is 14.0 Å². The van der Waals surface area contributed by atoms with E-state index in [2.05, 4.69) is 10.4 Å². The molecule has 0 aromatic carbocycles. The lowest BCUT2D eigenvalue weighted by atomic mass is 10.3.